The van der Waals surface area contributed by atoms with E-state index < -0.39 is 0 Å². The first-order valence-electron chi connectivity index (χ1n) is 7.28. The normalized spacial score (nSPS) is 18.9. The third-order valence-corrected chi connectivity index (χ3v) is 4.10. The predicted octanol–water partition coefficient (Wildman–Crippen LogP) is 4.78. The van der Waals surface area contributed by atoms with E-state index in [2.05, 4.69) is 44.2 Å². The number of aryl methyl sites for hydroxylation is 2. The molecule has 0 aromatic carbocycles. The maximum atomic E-state index is 4.81. The van der Waals surface area contributed by atoms with Gasteiger partial charge in [0.15, 0.2) is 0 Å². The fourth-order valence-electron chi connectivity index (χ4n) is 2.99. The molecule has 2 aliphatic carbocycles. The summed E-state index contributed by atoms with van der Waals surface area (Å²) in [4.78, 5) is 4.81. The quantitative estimate of drug-likeness (QED) is 0.647. The van der Waals surface area contributed by atoms with Gasteiger partial charge in [-0.15, -0.1) is 0 Å². The molecule has 0 atom stereocenters. The summed E-state index contributed by atoms with van der Waals surface area (Å²) in [5.41, 5.74) is 8.21. The van der Waals surface area contributed by atoms with Gasteiger partial charge in [0, 0.05) is 5.69 Å². The van der Waals surface area contributed by atoms with Crippen molar-refractivity contribution >= 4 is 5.57 Å². The van der Waals surface area contributed by atoms with E-state index in [9.17, 15) is 0 Å². The summed E-state index contributed by atoms with van der Waals surface area (Å²) < 4.78 is 0. The third kappa shape index (κ3) is 2.56. The van der Waals surface area contributed by atoms with Crippen LogP contribution in [0.3, 0.4) is 0 Å². The summed E-state index contributed by atoms with van der Waals surface area (Å²) in [5, 5.41) is 0. The maximum absolute atomic E-state index is 4.81. The van der Waals surface area contributed by atoms with Crippen molar-refractivity contribution in [2.75, 3.05) is 0 Å². The summed E-state index contributed by atoms with van der Waals surface area (Å²) in [5.74, 6) is 0. The van der Waals surface area contributed by atoms with Crippen LogP contribution in [-0.2, 0) is 6.42 Å². The van der Waals surface area contributed by atoms with Crippen molar-refractivity contribution in [1.82, 2.24) is 4.98 Å². The van der Waals surface area contributed by atoms with Crippen molar-refractivity contribution in [1.29, 1.82) is 0 Å². The molecule has 0 N–H and O–H groups in total. The van der Waals surface area contributed by atoms with Crippen molar-refractivity contribution in [3.05, 3.63) is 58.5 Å². The Morgan fingerprint density at radius 3 is 2.79 bits per heavy atom. The number of rotatable bonds is 0. The number of allylic oxidation sites excluding steroid dienone is 6. The van der Waals surface area contributed by atoms with Gasteiger partial charge in [-0.1, -0.05) is 29.9 Å². The number of aromatic nitrogens is 1. The molecule has 1 heteroatoms. The molecule has 1 heterocycles. The molecule has 0 radical (unpaired) electrons. The third-order valence-electron chi connectivity index (χ3n) is 4.10. The second kappa shape index (κ2) is 5.16. The largest absolute Gasteiger partial charge is 0.253 e. The number of pyridine rings is 1. The first-order valence-corrected chi connectivity index (χ1v) is 7.28. The van der Waals surface area contributed by atoms with Crippen LogP contribution in [0.15, 0.2) is 41.5 Å². The van der Waals surface area contributed by atoms with Crippen LogP contribution in [0.1, 0.15) is 49.6 Å². The highest BCUT2D eigenvalue weighted by molar-refractivity contribution is 5.73. The van der Waals surface area contributed by atoms with Crippen LogP contribution in [-0.4, -0.2) is 4.98 Å². The standard InChI is InChI=1S/C18H21N/c1-13-5-3-4-6-17-15(9-7-13)11-12-16-10-8-14(2)19-18(16)17/h5,7-10H,3-4,6,11-12H2,1-2H3. The maximum Gasteiger partial charge on any atom is 0.0699 e. The summed E-state index contributed by atoms with van der Waals surface area (Å²) in [6.45, 7) is 4.28. The van der Waals surface area contributed by atoms with Crippen molar-refractivity contribution < 1.29 is 0 Å². The van der Waals surface area contributed by atoms with Gasteiger partial charge < -0.3 is 0 Å². The van der Waals surface area contributed by atoms with E-state index in [1.807, 2.05) is 0 Å². The molecule has 0 spiro atoms. The fourth-order valence-corrected chi connectivity index (χ4v) is 2.99. The minimum atomic E-state index is 1.13. The Morgan fingerprint density at radius 2 is 1.89 bits per heavy atom. The van der Waals surface area contributed by atoms with E-state index in [0.717, 1.165) is 25.0 Å². The second-order valence-corrected chi connectivity index (χ2v) is 5.64. The highest BCUT2D eigenvalue weighted by Crippen LogP contribution is 2.35. The van der Waals surface area contributed by atoms with E-state index in [4.69, 9.17) is 4.98 Å². The minimum Gasteiger partial charge on any atom is -0.253 e. The molecule has 0 bridgehead atoms. The average molecular weight is 251 g/mol. The van der Waals surface area contributed by atoms with Gasteiger partial charge >= 0.3 is 0 Å². The first-order chi connectivity index (χ1) is 9.24. The van der Waals surface area contributed by atoms with E-state index in [0.29, 0.717) is 0 Å². The smallest absolute Gasteiger partial charge is 0.0699 e. The monoisotopic (exact) mass is 251 g/mol. The van der Waals surface area contributed by atoms with Crippen molar-refractivity contribution in [2.24, 2.45) is 0 Å². The van der Waals surface area contributed by atoms with Crippen LogP contribution in [0.25, 0.3) is 5.57 Å². The number of fused-ring (bicyclic) bond motifs is 2. The van der Waals surface area contributed by atoms with Crippen molar-refractivity contribution in [2.45, 2.75) is 46.0 Å². The zero-order valence-electron chi connectivity index (χ0n) is 11.9. The van der Waals surface area contributed by atoms with Gasteiger partial charge in [-0.3, -0.25) is 4.98 Å². The van der Waals surface area contributed by atoms with Gasteiger partial charge in [-0.25, -0.2) is 0 Å². The molecule has 0 amide bonds. The molecule has 0 saturated carbocycles. The Hall–Kier alpha value is -1.63. The van der Waals surface area contributed by atoms with Crippen LogP contribution in [0.2, 0.25) is 0 Å². The molecular formula is C18H21N. The SMILES string of the molecule is CC1=CCCCC2=C(C=C1)CCc1ccc(C)nc12. The van der Waals surface area contributed by atoms with Gasteiger partial charge in [0.2, 0.25) is 0 Å². The van der Waals surface area contributed by atoms with Gasteiger partial charge in [0.05, 0.1) is 5.69 Å². The summed E-state index contributed by atoms with van der Waals surface area (Å²) >= 11 is 0. The molecule has 1 nitrogen and oxygen atoms in total. The predicted molar refractivity (Wildman–Crippen MR) is 81.0 cm³/mol. The van der Waals surface area contributed by atoms with E-state index in [1.54, 1.807) is 0 Å². The molecule has 0 aliphatic heterocycles. The van der Waals surface area contributed by atoms with Crippen LogP contribution >= 0.6 is 0 Å². The van der Waals surface area contributed by atoms with Crippen molar-refractivity contribution in [3.8, 4) is 0 Å². The Bertz CT molecular complexity index is 588. The van der Waals surface area contributed by atoms with Crippen LogP contribution in [0.5, 0.6) is 0 Å². The van der Waals surface area contributed by atoms with Gasteiger partial charge in [0.25, 0.3) is 0 Å². The van der Waals surface area contributed by atoms with Crippen molar-refractivity contribution in [3.63, 3.8) is 0 Å². The molecule has 2 aliphatic rings. The second-order valence-electron chi connectivity index (χ2n) is 5.64. The lowest BCUT2D eigenvalue weighted by Gasteiger charge is -2.21. The van der Waals surface area contributed by atoms with Crippen LogP contribution < -0.4 is 0 Å². The zero-order chi connectivity index (χ0) is 13.2. The Kier molecular flexibility index (Phi) is 3.37. The summed E-state index contributed by atoms with van der Waals surface area (Å²) in [6.07, 6.45) is 12.8. The van der Waals surface area contributed by atoms with E-state index >= 15 is 0 Å². The van der Waals surface area contributed by atoms with E-state index in [1.165, 1.54) is 40.8 Å². The molecule has 0 saturated heterocycles. The fraction of sp³-hybridized carbons (Fsp3) is 0.389. The molecule has 19 heavy (non-hydrogen) atoms. The Labute approximate surface area is 115 Å². The Morgan fingerprint density at radius 1 is 1.00 bits per heavy atom. The molecule has 3 rings (SSSR count). The Balaban J connectivity index is 2.09. The lowest BCUT2D eigenvalue weighted by atomic mass is 9.86. The summed E-state index contributed by atoms with van der Waals surface area (Å²) in [7, 11) is 0. The van der Waals surface area contributed by atoms with Gasteiger partial charge in [0.1, 0.15) is 0 Å². The van der Waals surface area contributed by atoms with Gasteiger partial charge in [-0.2, -0.15) is 0 Å². The zero-order valence-corrected chi connectivity index (χ0v) is 11.9. The number of hydrogen-bond acceptors (Lipinski definition) is 1. The average Bonchev–Trinajstić information content (AvgIpc) is 2.50. The number of hydrogen-bond donors (Lipinski definition) is 0. The highest BCUT2D eigenvalue weighted by Gasteiger charge is 2.19. The van der Waals surface area contributed by atoms with Crippen LogP contribution in [0, 0.1) is 6.92 Å². The van der Waals surface area contributed by atoms with Gasteiger partial charge in [-0.05, 0) is 68.7 Å². The number of nitrogens with zero attached hydrogens (tertiary/aromatic N) is 1. The van der Waals surface area contributed by atoms with Crippen LogP contribution in [0.4, 0.5) is 0 Å². The molecule has 1 aromatic heterocycles. The minimum absolute atomic E-state index is 1.13. The molecule has 0 unspecified atom stereocenters. The first kappa shape index (κ1) is 12.4. The highest BCUT2D eigenvalue weighted by atomic mass is 14.7. The lowest BCUT2D eigenvalue weighted by Crippen LogP contribution is -2.07. The molecule has 1 aromatic rings. The lowest BCUT2D eigenvalue weighted by molar-refractivity contribution is 0.839. The van der Waals surface area contributed by atoms with E-state index in [-0.39, 0.29) is 0 Å². The molecular weight excluding hydrogens is 230 g/mol. The topological polar surface area (TPSA) is 12.9 Å². The molecule has 0 fully saturated rings. The summed E-state index contributed by atoms with van der Waals surface area (Å²) in [6, 6.07) is 4.41. The molecule has 98 valence electrons.